The molecule has 2 heterocycles. The van der Waals surface area contributed by atoms with E-state index in [0.717, 1.165) is 44.5 Å². The maximum absolute atomic E-state index is 6.41. The molecule has 1 aromatic heterocycles. The van der Waals surface area contributed by atoms with Crippen LogP contribution >= 0.6 is 0 Å². The van der Waals surface area contributed by atoms with Gasteiger partial charge in [0, 0.05) is 28.2 Å². The van der Waals surface area contributed by atoms with Crippen molar-refractivity contribution >= 4 is 43.1 Å². The molecule has 4 heteroatoms. The van der Waals surface area contributed by atoms with Crippen LogP contribution in [0.25, 0.3) is 88.4 Å². The summed E-state index contributed by atoms with van der Waals surface area (Å²) in [5.41, 5.74) is 6.14. The zero-order valence-corrected chi connectivity index (χ0v) is 28.6. The van der Waals surface area contributed by atoms with Gasteiger partial charge in [-0.1, -0.05) is 152 Å². The van der Waals surface area contributed by atoms with Crippen LogP contribution in [0.2, 0.25) is 0 Å². The lowest BCUT2D eigenvalue weighted by Gasteiger charge is -2.16. The Morgan fingerprint density at radius 1 is 0.396 bits per heavy atom. The van der Waals surface area contributed by atoms with Crippen LogP contribution in [-0.2, 0) is 0 Å². The normalized spacial score (nSPS) is 15.9. The molecule has 0 spiro atoms. The molecular weight excluding hydrogens is 647 g/mol. The second-order valence-corrected chi connectivity index (χ2v) is 13.9. The molecule has 0 saturated heterocycles. The minimum atomic E-state index is -0.0416. The zero-order valence-electron chi connectivity index (χ0n) is 28.6. The predicted octanol–water partition coefficient (Wildman–Crippen LogP) is 12.1. The number of hydrogen-bond donors (Lipinski definition) is 0. The van der Waals surface area contributed by atoms with Gasteiger partial charge in [0.1, 0.15) is 11.9 Å². The van der Waals surface area contributed by atoms with Crippen LogP contribution in [0.4, 0.5) is 0 Å². The van der Waals surface area contributed by atoms with E-state index in [0.29, 0.717) is 17.5 Å². The quantitative estimate of drug-likeness (QED) is 0.174. The van der Waals surface area contributed by atoms with Crippen molar-refractivity contribution in [1.82, 2.24) is 15.0 Å². The monoisotopic (exact) mass is 677 g/mol. The molecule has 11 rings (SSSR count). The van der Waals surface area contributed by atoms with Gasteiger partial charge in [0.15, 0.2) is 17.5 Å². The number of rotatable bonds is 4. The van der Waals surface area contributed by atoms with Gasteiger partial charge in [0.25, 0.3) is 0 Å². The van der Waals surface area contributed by atoms with Gasteiger partial charge in [-0.3, -0.25) is 0 Å². The molecule has 0 saturated carbocycles. The largest absolute Gasteiger partial charge is 0.485 e. The molecule has 0 bridgehead atoms. The lowest BCUT2D eigenvalue weighted by Crippen LogP contribution is -2.16. The third-order valence-electron chi connectivity index (χ3n) is 10.9. The summed E-state index contributed by atoms with van der Waals surface area (Å²) in [5.74, 6) is 2.86. The predicted molar refractivity (Wildman–Crippen MR) is 217 cm³/mol. The molecule has 1 aliphatic heterocycles. The lowest BCUT2D eigenvalue weighted by molar-refractivity contribution is 0.269. The zero-order chi connectivity index (χ0) is 34.9. The molecule has 0 N–H and O–H groups in total. The van der Waals surface area contributed by atoms with E-state index >= 15 is 0 Å². The summed E-state index contributed by atoms with van der Waals surface area (Å²) in [5, 5.41) is 9.75. The van der Waals surface area contributed by atoms with E-state index in [2.05, 4.69) is 164 Å². The van der Waals surface area contributed by atoms with Gasteiger partial charge in [-0.2, -0.15) is 0 Å². The Labute approximate surface area is 306 Å². The standard InChI is InChI=1S/C49H31N3O/c1-2-12-33-28-35(23-20-30(33)10-1)47-50-48(52-49(51-47)42-17-9-19-45-46(42)41-16-7-8-18-44(41)53-45)40-15-6-5-14-37(40)34-22-21-32-25-26-38-36-13-4-3-11-31(36)24-27-39(38)43(32)29-34/h1-29,41,44H. The fourth-order valence-electron chi connectivity index (χ4n) is 8.28. The molecule has 2 unspecified atom stereocenters. The summed E-state index contributed by atoms with van der Waals surface area (Å²) in [4.78, 5) is 15.7. The average Bonchev–Trinajstić information content (AvgIpc) is 3.62. The Hall–Kier alpha value is -6.91. The minimum absolute atomic E-state index is 0.0416. The van der Waals surface area contributed by atoms with Crippen molar-refractivity contribution in [2.24, 2.45) is 0 Å². The molecule has 248 valence electrons. The highest BCUT2D eigenvalue weighted by Gasteiger charge is 2.35. The van der Waals surface area contributed by atoms with E-state index in [4.69, 9.17) is 19.7 Å². The molecule has 0 amide bonds. The second-order valence-electron chi connectivity index (χ2n) is 13.9. The maximum Gasteiger partial charge on any atom is 0.164 e. The Kier molecular flexibility index (Phi) is 6.65. The minimum Gasteiger partial charge on any atom is -0.485 e. The molecule has 2 aliphatic rings. The van der Waals surface area contributed by atoms with Gasteiger partial charge < -0.3 is 4.74 Å². The highest BCUT2D eigenvalue weighted by atomic mass is 16.5. The van der Waals surface area contributed by atoms with E-state index in [-0.39, 0.29) is 12.0 Å². The first-order valence-corrected chi connectivity index (χ1v) is 18.1. The number of aromatic nitrogens is 3. The Bertz CT molecular complexity index is 3010. The molecule has 2 atom stereocenters. The number of allylic oxidation sites excluding steroid dienone is 2. The van der Waals surface area contributed by atoms with Crippen LogP contribution in [0.5, 0.6) is 5.75 Å². The number of ether oxygens (including phenoxy) is 1. The highest BCUT2D eigenvalue weighted by molar-refractivity contribution is 6.17. The fourth-order valence-corrected chi connectivity index (χ4v) is 8.28. The van der Waals surface area contributed by atoms with E-state index in [1.54, 1.807) is 0 Å². The molecule has 0 fully saturated rings. The van der Waals surface area contributed by atoms with E-state index < -0.39 is 0 Å². The molecule has 4 nitrogen and oxygen atoms in total. The van der Waals surface area contributed by atoms with Gasteiger partial charge in [-0.15, -0.1) is 0 Å². The highest BCUT2D eigenvalue weighted by Crippen LogP contribution is 2.46. The van der Waals surface area contributed by atoms with Gasteiger partial charge in [0.05, 0.1) is 0 Å². The number of hydrogen-bond acceptors (Lipinski definition) is 4. The Morgan fingerprint density at radius 3 is 1.91 bits per heavy atom. The van der Waals surface area contributed by atoms with Crippen LogP contribution < -0.4 is 4.74 Å². The SMILES string of the molecule is C1=CC2Oc3cccc(-c4nc(-c5ccc6ccccc6c5)nc(-c5ccccc5-c5ccc6ccc7c8ccccc8ccc7c6c5)n4)c3C2C=C1. The first-order valence-electron chi connectivity index (χ1n) is 18.1. The lowest BCUT2D eigenvalue weighted by atomic mass is 9.88. The fraction of sp³-hybridized carbons (Fsp3) is 0.0408. The number of nitrogens with zero attached hydrogens (tertiary/aromatic N) is 3. The van der Waals surface area contributed by atoms with Crippen molar-refractivity contribution in [2.75, 3.05) is 0 Å². The van der Waals surface area contributed by atoms with E-state index in [9.17, 15) is 0 Å². The molecule has 8 aromatic carbocycles. The summed E-state index contributed by atoms with van der Waals surface area (Å²) in [7, 11) is 0. The third kappa shape index (κ3) is 4.87. The summed E-state index contributed by atoms with van der Waals surface area (Å²) in [6.07, 6.45) is 8.45. The topological polar surface area (TPSA) is 47.9 Å². The van der Waals surface area contributed by atoms with Gasteiger partial charge in [0.2, 0.25) is 0 Å². The van der Waals surface area contributed by atoms with Crippen molar-refractivity contribution in [2.45, 2.75) is 12.0 Å². The molecule has 53 heavy (non-hydrogen) atoms. The van der Waals surface area contributed by atoms with Gasteiger partial charge in [-0.05, 0) is 78.5 Å². The van der Waals surface area contributed by atoms with E-state index in [1.165, 1.54) is 37.7 Å². The van der Waals surface area contributed by atoms with Crippen LogP contribution in [0, 0.1) is 0 Å². The summed E-state index contributed by atoms with van der Waals surface area (Å²) in [6.45, 7) is 0. The summed E-state index contributed by atoms with van der Waals surface area (Å²) < 4.78 is 6.41. The summed E-state index contributed by atoms with van der Waals surface area (Å²) in [6, 6.07) is 53.8. The third-order valence-corrected chi connectivity index (χ3v) is 10.9. The van der Waals surface area contributed by atoms with Crippen molar-refractivity contribution in [3.8, 4) is 51.0 Å². The first-order chi connectivity index (χ1) is 26.2. The van der Waals surface area contributed by atoms with E-state index in [1.807, 2.05) is 12.1 Å². The van der Waals surface area contributed by atoms with Crippen LogP contribution in [0.3, 0.4) is 0 Å². The second kappa shape index (κ2) is 11.8. The van der Waals surface area contributed by atoms with Crippen LogP contribution in [-0.4, -0.2) is 21.1 Å². The van der Waals surface area contributed by atoms with Crippen molar-refractivity contribution in [1.29, 1.82) is 0 Å². The molecular formula is C49H31N3O. The van der Waals surface area contributed by atoms with Crippen LogP contribution in [0.15, 0.2) is 176 Å². The summed E-state index contributed by atoms with van der Waals surface area (Å²) >= 11 is 0. The van der Waals surface area contributed by atoms with Crippen molar-refractivity contribution in [3.63, 3.8) is 0 Å². The molecule has 9 aromatic rings. The number of fused-ring (bicyclic) bond motifs is 9. The van der Waals surface area contributed by atoms with Crippen LogP contribution in [0.1, 0.15) is 11.5 Å². The molecule has 1 aliphatic carbocycles. The Morgan fingerprint density at radius 2 is 1.02 bits per heavy atom. The van der Waals surface area contributed by atoms with Crippen molar-refractivity contribution < 1.29 is 4.74 Å². The average molecular weight is 678 g/mol. The smallest absolute Gasteiger partial charge is 0.164 e. The van der Waals surface area contributed by atoms with Crippen molar-refractivity contribution in [3.05, 3.63) is 182 Å². The van der Waals surface area contributed by atoms with Gasteiger partial charge >= 0.3 is 0 Å². The maximum atomic E-state index is 6.41. The first kappa shape index (κ1) is 29.8. The Balaban J connectivity index is 1.12. The van der Waals surface area contributed by atoms with Gasteiger partial charge in [-0.25, -0.2) is 15.0 Å². The molecule has 0 radical (unpaired) electrons. The number of benzene rings is 8.